The number of hydrogen-bond donors (Lipinski definition) is 1. The zero-order valence-corrected chi connectivity index (χ0v) is 13.1. The molecule has 1 aromatic heterocycles. The molecule has 2 aliphatic heterocycles. The summed E-state index contributed by atoms with van der Waals surface area (Å²) in [5.41, 5.74) is 0. The minimum Gasteiger partial charge on any atom is -0.381 e. The van der Waals surface area contributed by atoms with Gasteiger partial charge in [-0.15, -0.1) is 0 Å². The average Bonchev–Trinajstić information content (AvgIpc) is 2.56. The van der Waals surface area contributed by atoms with Crippen molar-refractivity contribution in [3.63, 3.8) is 0 Å². The number of nitrogens with one attached hydrogen (secondary N) is 1. The molecule has 3 rings (SSSR count). The molecule has 6 nitrogen and oxygen atoms in total. The molecule has 2 aliphatic rings. The van der Waals surface area contributed by atoms with Gasteiger partial charge in [-0.25, -0.2) is 9.97 Å². The number of carbonyl (C=O) groups excluding carboxylic acids is 1. The lowest BCUT2D eigenvalue weighted by Gasteiger charge is -2.34. The molecule has 22 heavy (non-hydrogen) atoms. The van der Waals surface area contributed by atoms with E-state index in [0.29, 0.717) is 0 Å². The van der Waals surface area contributed by atoms with Gasteiger partial charge >= 0.3 is 0 Å². The number of nitrogens with zero attached hydrogens (tertiary/aromatic N) is 3. The van der Waals surface area contributed by atoms with E-state index in [9.17, 15) is 4.79 Å². The summed E-state index contributed by atoms with van der Waals surface area (Å²) in [6.07, 6.45) is 5.61. The lowest BCUT2D eigenvalue weighted by atomic mass is 9.96. The van der Waals surface area contributed by atoms with Crippen LogP contribution in [0.3, 0.4) is 0 Å². The van der Waals surface area contributed by atoms with Gasteiger partial charge in [-0.3, -0.25) is 4.79 Å². The Kier molecular flexibility index (Phi) is 4.87. The van der Waals surface area contributed by atoms with Crippen LogP contribution in [0.1, 0.15) is 31.5 Å². The zero-order chi connectivity index (χ0) is 15.4. The normalized spacial score (nSPS) is 23.3. The largest absolute Gasteiger partial charge is 0.381 e. The lowest BCUT2D eigenvalue weighted by Crippen LogP contribution is -2.47. The molecular formula is C16H24N4O2. The first-order chi connectivity index (χ1) is 10.7. The van der Waals surface area contributed by atoms with E-state index in [1.807, 2.05) is 13.0 Å². The maximum Gasteiger partial charge on any atom is 0.225 e. The summed E-state index contributed by atoms with van der Waals surface area (Å²) in [6, 6.07) is 2.20. The first kappa shape index (κ1) is 15.2. The van der Waals surface area contributed by atoms with Crippen LogP contribution in [0, 0.1) is 12.8 Å². The molecule has 120 valence electrons. The minimum absolute atomic E-state index is 0.0480. The fourth-order valence-corrected chi connectivity index (χ4v) is 3.18. The molecule has 0 aromatic carbocycles. The van der Waals surface area contributed by atoms with E-state index in [1.54, 1.807) is 6.20 Å². The van der Waals surface area contributed by atoms with Gasteiger partial charge in [0.2, 0.25) is 5.91 Å². The molecule has 0 radical (unpaired) electrons. The summed E-state index contributed by atoms with van der Waals surface area (Å²) in [5, 5.41) is 3.19. The number of amides is 1. The van der Waals surface area contributed by atoms with Crippen LogP contribution in [0.5, 0.6) is 0 Å². The highest BCUT2D eigenvalue weighted by Crippen LogP contribution is 2.22. The molecule has 6 heteroatoms. The van der Waals surface area contributed by atoms with Crippen molar-refractivity contribution in [2.45, 2.75) is 38.6 Å². The number of hydrogen-bond acceptors (Lipinski definition) is 5. The number of anilines is 1. The Morgan fingerprint density at radius 2 is 2.18 bits per heavy atom. The minimum atomic E-state index is 0.0480. The molecule has 2 fully saturated rings. The molecule has 1 unspecified atom stereocenters. The van der Waals surface area contributed by atoms with E-state index in [-0.39, 0.29) is 17.9 Å². The number of ether oxygens (including phenoxy) is 1. The summed E-state index contributed by atoms with van der Waals surface area (Å²) in [7, 11) is 0. The summed E-state index contributed by atoms with van der Waals surface area (Å²) < 4.78 is 5.34. The van der Waals surface area contributed by atoms with Gasteiger partial charge in [0.25, 0.3) is 0 Å². The quantitative estimate of drug-likeness (QED) is 0.911. The molecule has 3 heterocycles. The Morgan fingerprint density at radius 3 is 2.95 bits per heavy atom. The third kappa shape index (κ3) is 3.74. The van der Waals surface area contributed by atoms with E-state index in [4.69, 9.17) is 4.74 Å². The maximum absolute atomic E-state index is 12.5. The predicted octanol–water partition coefficient (Wildman–Crippen LogP) is 1.30. The maximum atomic E-state index is 12.5. The fraction of sp³-hybridized carbons (Fsp3) is 0.688. The highest BCUT2D eigenvalue weighted by Gasteiger charge is 2.28. The molecule has 1 amide bonds. The fourth-order valence-electron chi connectivity index (χ4n) is 3.18. The van der Waals surface area contributed by atoms with E-state index in [2.05, 4.69) is 20.2 Å². The molecule has 0 spiro atoms. The second kappa shape index (κ2) is 7.05. The summed E-state index contributed by atoms with van der Waals surface area (Å²) in [5.74, 6) is 1.93. The third-order valence-corrected chi connectivity index (χ3v) is 4.45. The Labute approximate surface area is 131 Å². The van der Waals surface area contributed by atoms with Crippen molar-refractivity contribution in [2.24, 2.45) is 5.92 Å². The Hall–Kier alpha value is -1.69. The summed E-state index contributed by atoms with van der Waals surface area (Å²) >= 11 is 0. The summed E-state index contributed by atoms with van der Waals surface area (Å²) in [4.78, 5) is 23.3. The van der Waals surface area contributed by atoms with Gasteiger partial charge in [-0.1, -0.05) is 0 Å². The molecule has 0 aliphatic carbocycles. The van der Waals surface area contributed by atoms with Crippen LogP contribution in [0.25, 0.3) is 0 Å². The van der Waals surface area contributed by atoms with Crippen LogP contribution in [0.2, 0.25) is 0 Å². The van der Waals surface area contributed by atoms with E-state index >= 15 is 0 Å². The smallest absolute Gasteiger partial charge is 0.225 e. The SMILES string of the molecule is Cc1nccc(N2CCCC(C(=O)NC3CCOCC3)C2)n1. The van der Waals surface area contributed by atoms with Crippen molar-refractivity contribution >= 4 is 11.7 Å². The van der Waals surface area contributed by atoms with Crippen molar-refractivity contribution in [1.82, 2.24) is 15.3 Å². The number of aromatic nitrogens is 2. The van der Waals surface area contributed by atoms with E-state index < -0.39 is 0 Å². The first-order valence-corrected chi connectivity index (χ1v) is 8.15. The van der Waals surface area contributed by atoms with Crippen LogP contribution in [0.4, 0.5) is 5.82 Å². The predicted molar refractivity (Wildman–Crippen MR) is 83.7 cm³/mol. The number of aryl methyl sites for hydroxylation is 1. The highest BCUT2D eigenvalue weighted by molar-refractivity contribution is 5.79. The van der Waals surface area contributed by atoms with Gasteiger partial charge in [-0.05, 0) is 38.7 Å². The van der Waals surface area contributed by atoms with Crippen LogP contribution in [0.15, 0.2) is 12.3 Å². The molecule has 2 saturated heterocycles. The Morgan fingerprint density at radius 1 is 1.36 bits per heavy atom. The molecular weight excluding hydrogens is 280 g/mol. The summed E-state index contributed by atoms with van der Waals surface area (Å²) in [6.45, 7) is 5.09. The number of carbonyl (C=O) groups is 1. The second-order valence-corrected chi connectivity index (χ2v) is 6.14. The van der Waals surface area contributed by atoms with Crippen molar-refractivity contribution in [3.8, 4) is 0 Å². The molecule has 0 saturated carbocycles. The lowest BCUT2D eigenvalue weighted by molar-refractivity contribution is -0.126. The first-order valence-electron chi connectivity index (χ1n) is 8.15. The van der Waals surface area contributed by atoms with E-state index in [0.717, 1.165) is 63.6 Å². The van der Waals surface area contributed by atoms with Gasteiger partial charge in [0, 0.05) is 38.5 Å². The number of piperidine rings is 1. The van der Waals surface area contributed by atoms with Crippen LogP contribution in [-0.2, 0) is 9.53 Å². The van der Waals surface area contributed by atoms with Crippen molar-refractivity contribution in [3.05, 3.63) is 18.1 Å². The van der Waals surface area contributed by atoms with Crippen LogP contribution < -0.4 is 10.2 Å². The van der Waals surface area contributed by atoms with Crippen LogP contribution >= 0.6 is 0 Å². The monoisotopic (exact) mass is 304 g/mol. The van der Waals surface area contributed by atoms with Gasteiger partial charge in [-0.2, -0.15) is 0 Å². The van der Waals surface area contributed by atoms with Gasteiger partial charge in [0.1, 0.15) is 11.6 Å². The molecule has 1 aromatic rings. The topological polar surface area (TPSA) is 67.4 Å². The highest BCUT2D eigenvalue weighted by atomic mass is 16.5. The zero-order valence-electron chi connectivity index (χ0n) is 13.1. The van der Waals surface area contributed by atoms with Gasteiger partial charge in [0.05, 0.1) is 5.92 Å². The standard InChI is InChI=1S/C16H24N4O2/c1-12-17-7-4-15(18-12)20-8-2-3-13(11-20)16(21)19-14-5-9-22-10-6-14/h4,7,13-14H,2-3,5-6,8-11H2,1H3,(H,19,21). The second-order valence-electron chi connectivity index (χ2n) is 6.14. The average molecular weight is 304 g/mol. The molecule has 1 N–H and O–H groups in total. The van der Waals surface area contributed by atoms with Crippen molar-refractivity contribution < 1.29 is 9.53 Å². The Bertz CT molecular complexity index is 517. The third-order valence-electron chi connectivity index (χ3n) is 4.45. The van der Waals surface area contributed by atoms with Gasteiger partial charge < -0.3 is 15.0 Å². The van der Waals surface area contributed by atoms with Crippen molar-refractivity contribution in [1.29, 1.82) is 0 Å². The number of rotatable bonds is 3. The molecule has 0 bridgehead atoms. The molecule has 1 atom stereocenters. The van der Waals surface area contributed by atoms with Crippen molar-refractivity contribution in [2.75, 3.05) is 31.2 Å². The Balaban J connectivity index is 1.58. The van der Waals surface area contributed by atoms with E-state index in [1.165, 1.54) is 0 Å². The van der Waals surface area contributed by atoms with Crippen LogP contribution in [-0.4, -0.2) is 48.2 Å². The van der Waals surface area contributed by atoms with Gasteiger partial charge in [0.15, 0.2) is 0 Å².